The quantitative estimate of drug-likeness (QED) is 0.911. The Morgan fingerprint density at radius 2 is 2.10 bits per heavy atom. The Bertz CT molecular complexity index is 755. The van der Waals surface area contributed by atoms with Gasteiger partial charge in [0, 0.05) is 19.2 Å². The normalized spacial score (nSPS) is 11.8. The Morgan fingerprint density at radius 3 is 2.67 bits per heavy atom. The highest BCUT2D eigenvalue weighted by molar-refractivity contribution is 7.89. The Kier molecular flexibility index (Phi) is 4.10. The highest BCUT2D eigenvalue weighted by atomic mass is 32.2. The van der Waals surface area contributed by atoms with Gasteiger partial charge in [0.1, 0.15) is 5.82 Å². The maximum absolute atomic E-state index is 13.3. The number of rotatable bonds is 5. The fourth-order valence-corrected chi connectivity index (χ4v) is 2.92. The third-order valence-electron chi connectivity index (χ3n) is 2.86. The van der Waals surface area contributed by atoms with Crippen LogP contribution < -0.4 is 0 Å². The minimum Gasteiger partial charge on any atom is -0.478 e. The van der Waals surface area contributed by atoms with Crippen LogP contribution in [0.2, 0.25) is 0 Å². The number of nitrogens with zero attached hydrogens (tertiary/aromatic N) is 1. The van der Waals surface area contributed by atoms with Crippen molar-refractivity contribution in [2.45, 2.75) is 11.4 Å². The fraction of sp³-hybridized carbons (Fsp3) is 0.154. The molecule has 0 spiro atoms. The third kappa shape index (κ3) is 3.11. The van der Waals surface area contributed by atoms with Crippen LogP contribution in [0.4, 0.5) is 4.39 Å². The Balaban J connectivity index is 2.35. The van der Waals surface area contributed by atoms with Crippen molar-refractivity contribution in [2.75, 3.05) is 7.05 Å². The van der Waals surface area contributed by atoms with E-state index in [-0.39, 0.29) is 11.4 Å². The van der Waals surface area contributed by atoms with Gasteiger partial charge in [-0.3, -0.25) is 0 Å². The minimum atomic E-state index is -3.93. The van der Waals surface area contributed by atoms with E-state index in [0.29, 0.717) is 5.56 Å². The summed E-state index contributed by atoms with van der Waals surface area (Å²) in [5, 5.41) is 8.84. The molecule has 6 nitrogen and oxygen atoms in total. The van der Waals surface area contributed by atoms with Crippen LogP contribution in [0.5, 0.6) is 0 Å². The zero-order valence-corrected chi connectivity index (χ0v) is 11.8. The van der Waals surface area contributed by atoms with Gasteiger partial charge in [0.2, 0.25) is 10.0 Å². The van der Waals surface area contributed by atoms with Gasteiger partial charge in [-0.2, -0.15) is 4.31 Å². The van der Waals surface area contributed by atoms with Gasteiger partial charge in [-0.15, -0.1) is 0 Å². The second-order valence-electron chi connectivity index (χ2n) is 4.34. The molecule has 8 heteroatoms. The van der Waals surface area contributed by atoms with Crippen LogP contribution in [0.25, 0.3) is 0 Å². The number of halogens is 1. The van der Waals surface area contributed by atoms with Crippen molar-refractivity contribution in [3.63, 3.8) is 0 Å². The molecule has 1 aromatic heterocycles. The van der Waals surface area contributed by atoms with Crippen LogP contribution in [-0.4, -0.2) is 30.8 Å². The maximum atomic E-state index is 13.3. The lowest BCUT2D eigenvalue weighted by molar-refractivity contribution is 0.0691. The van der Waals surface area contributed by atoms with Gasteiger partial charge in [-0.05, 0) is 24.3 Å². The van der Waals surface area contributed by atoms with Gasteiger partial charge in [0.05, 0.1) is 23.0 Å². The molecule has 0 aliphatic rings. The average Bonchev–Trinajstić information content (AvgIpc) is 2.91. The first-order chi connectivity index (χ1) is 9.82. The fourth-order valence-electron chi connectivity index (χ4n) is 1.73. The maximum Gasteiger partial charge on any atom is 0.338 e. The molecule has 0 fully saturated rings. The first-order valence-corrected chi connectivity index (χ1v) is 7.26. The summed E-state index contributed by atoms with van der Waals surface area (Å²) in [5.41, 5.74) is -0.0468. The third-order valence-corrected chi connectivity index (χ3v) is 4.66. The predicted molar refractivity (Wildman–Crippen MR) is 70.7 cm³/mol. The van der Waals surface area contributed by atoms with E-state index in [1.54, 1.807) is 6.07 Å². The van der Waals surface area contributed by atoms with Gasteiger partial charge in [0.25, 0.3) is 0 Å². The number of benzene rings is 1. The number of carboxylic acid groups (broad SMARTS) is 1. The molecule has 21 heavy (non-hydrogen) atoms. The van der Waals surface area contributed by atoms with Gasteiger partial charge in [-0.1, -0.05) is 0 Å². The van der Waals surface area contributed by atoms with E-state index >= 15 is 0 Å². The predicted octanol–water partition coefficient (Wildman–Crippen LogP) is 1.94. The molecule has 0 radical (unpaired) electrons. The van der Waals surface area contributed by atoms with Crippen molar-refractivity contribution in [2.24, 2.45) is 0 Å². The highest BCUT2D eigenvalue weighted by Crippen LogP contribution is 2.20. The first kappa shape index (κ1) is 15.2. The summed E-state index contributed by atoms with van der Waals surface area (Å²) in [6.45, 7) is 0.0542. The summed E-state index contributed by atoms with van der Waals surface area (Å²) in [4.78, 5) is 10.6. The lowest BCUT2D eigenvalue weighted by Gasteiger charge is -2.16. The molecule has 112 valence electrons. The van der Waals surface area contributed by atoms with Crippen LogP contribution in [-0.2, 0) is 16.6 Å². The smallest absolute Gasteiger partial charge is 0.338 e. The van der Waals surface area contributed by atoms with Crippen molar-refractivity contribution < 1.29 is 27.1 Å². The number of furan rings is 1. The molecule has 2 rings (SSSR count). The first-order valence-electron chi connectivity index (χ1n) is 5.82. The lowest BCUT2D eigenvalue weighted by Crippen LogP contribution is -2.26. The van der Waals surface area contributed by atoms with Crippen LogP contribution in [0.15, 0.2) is 46.1 Å². The van der Waals surface area contributed by atoms with Crippen LogP contribution in [0.1, 0.15) is 15.9 Å². The summed E-state index contributed by atoms with van der Waals surface area (Å²) in [6, 6.07) is 4.27. The van der Waals surface area contributed by atoms with E-state index in [2.05, 4.69) is 0 Å². The standard InChI is InChI=1S/C13H12FNO5S/c1-15(7-9-4-5-20-8-9)21(18,19)10-2-3-12(14)11(6-10)13(16)17/h2-6,8H,7H2,1H3,(H,16,17). The zero-order valence-electron chi connectivity index (χ0n) is 11.0. The molecule has 1 N–H and O–H groups in total. The van der Waals surface area contributed by atoms with E-state index in [0.717, 1.165) is 22.5 Å². The van der Waals surface area contributed by atoms with E-state index in [4.69, 9.17) is 9.52 Å². The van der Waals surface area contributed by atoms with Crippen molar-refractivity contribution in [1.29, 1.82) is 0 Å². The number of carbonyl (C=O) groups is 1. The number of aromatic carboxylic acids is 1. The monoisotopic (exact) mass is 313 g/mol. The topological polar surface area (TPSA) is 87.8 Å². The Morgan fingerprint density at radius 1 is 1.38 bits per heavy atom. The molecule has 0 amide bonds. The van der Waals surface area contributed by atoms with Crippen LogP contribution in [0.3, 0.4) is 0 Å². The second kappa shape index (κ2) is 5.66. The molecule has 0 atom stereocenters. The molecular formula is C13H12FNO5S. The molecule has 1 aromatic carbocycles. The Hall–Kier alpha value is -2.19. The summed E-state index contributed by atoms with van der Waals surface area (Å²) in [6.07, 6.45) is 2.82. The van der Waals surface area contributed by atoms with Gasteiger partial charge >= 0.3 is 5.97 Å². The SMILES string of the molecule is CN(Cc1ccoc1)S(=O)(=O)c1ccc(F)c(C(=O)O)c1. The number of carboxylic acids is 1. The highest BCUT2D eigenvalue weighted by Gasteiger charge is 2.23. The molecule has 0 aliphatic heterocycles. The molecule has 2 aromatic rings. The molecule has 0 saturated heterocycles. The molecule has 0 bridgehead atoms. The lowest BCUT2D eigenvalue weighted by atomic mass is 10.2. The second-order valence-corrected chi connectivity index (χ2v) is 6.38. The van der Waals surface area contributed by atoms with Gasteiger partial charge in [0.15, 0.2) is 0 Å². The number of hydrogen-bond acceptors (Lipinski definition) is 4. The van der Waals surface area contributed by atoms with Crippen molar-refractivity contribution >= 4 is 16.0 Å². The Labute approximate surface area is 120 Å². The summed E-state index contributed by atoms with van der Waals surface area (Å²) in [7, 11) is -2.59. The molecule has 0 saturated carbocycles. The van der Waals surface area contributed by atoms with Crippen LogP contribution in [0, 0.1) is 5.82 Å². The zero-order chi connectivity index (χ0) is 15.6. The van der Waals surface area contributed by atoms with Crippen molar-refractivity contribution in [1.82, 2.24) is 4.31 Å². The summed E-state index contributed by atoms with van der Waals surface area (Å²) < 4.78 is 43.8. The van der Waals surface area contributed by atoms with E-state index < -0.39 is 27.4 Å². The molecule has 0 aliphatic carbocycles. The van der Waals surface area contributed by atoms with Crippen molar-refractivity contribution in [3.8, 4) is 0 Å². The summed E-state index contributed by atoms with van der Waals surface area (Å²) in [5.74, 6) is -2.51. The minimum absolute atomic E-state index is 0.0542. The average molecular weight is 313 g/mol. The number of sulfonamides is 1. The van der Waals surface area contributed by atoms with Crippen LogP contribution >= 0.6 is 0 Å². The summed E-state index contributed by atoms with van der Waals surface area (Å²) >= 11 is 0. The van der Waals surface area contributed by atoms with E-state index in [1.807, 2.05) is 0 Å². The molecular weight excluding hydrogens is 301 g/mol. The van der Waals surface area contributed by atoms with Gasteiger partial charge < -0.3 is 9.52 Å². The molecule has 0 unspecified atom stereocenters. The molecule has 1 heterocycles. The van der Waals surface area contributed by atoms with E-state index in [9.17, 15) is 17.6 Å². The van der Waals surface area contributed by atoms with Gasteiger partial charge in [-0.25, -0.2) is 17.6 Å². The largest absolute Gasteiger partial charge is 0.478 e. The van der Waals surface area contributed by atoms with E-state index in [1.165, 1.54) is 19.6 Å². The number of hydrogen-bond donors (Lipinski definition) is 1. The van der Waals surface area contributed by atoms with Crippen molar-refractivity contribution in [3.05, 3.63) is 53.7 Å².